The number of H-pyrrole nitrogens is 1. The summed E-state index contributed by atoms with van der Waals surface area (Å²) >= 11 is 0. The number of methoxy groups -OCH3 is 1. The van der Waals surface area contributed by atoms with Crippen molar-refractivity contribution in [3.8, 4) is 0 Å². The van der Waals surface area contributed by atoms with E-state index in [2.05, 4.69) is 15.2 Å². The predicted molar refractivity (Wildman–Crippen MR) is 114 cm³/mol. The van der Waals surface area contributed by atoms with Crippen LogP contribution in [0.5, 0.6) is 0 Å². The zero-order valence-corrected chi connectivity index (χ0v) is 17.1. The molecule has 0 unspecified atom stereocenters. The van der Waals surface area contributed by atoms with E-state index in [1.165, 1.54) is 11.7 Å². The number of hydrogen-bond acceptors (Lipinski definition) is 7. The largest absolute Gasteiger partial charge is 0.469 e. The molecule has 0 atom stereocenters. The van der Waals surface area contributed by atoms with Crippen LogP contribution in [0.3, 0.4) is 0 Å². The molecule has 1 aromatic carbocycles. The van der Waals surface area contributed by atoms with Crippen molar-refractivity contribution in [1.82, 2.24) is 19.8 Å². The maximum atomic E-state index is 12.1. The summed E-state index contributed by atoms with van der Waals surface area (Å²) in [6, 6.07) is 8.41. The van der Waals surface area contributed by atoms with Crippen LogP contribution >= 0.6 is 0 Å². The number of anilines is 1. The van der Waals surface area contributed by atoms with Gasteiger partial charge in [0.15, 0.2) is 0 Å². The molecule has 0 bridgehead atoms. The summed E-state index contributed by atoms with van der Waals surface area (Å²) in [5.41, 5.74) is 13.3. The Balaban J connectivity index is 1.60. The Morgan fingerprint density at radius 2 is 1.97 bits per heavy atom. The van der Waals surface area contributed by atoms with Crippen molar-refractivity contribution in [1.29, 1.82) is 5.41 Å². The number of aromatic nitrogens is 2. The van der Waals surface area contributed by atoms with E-state index < -0.39 is 0 Å². The Labute approximate surface area is 174 Å². The summed E-state index contributed by atoms with van der Waals surface area (Å²) in [6.45, 7) is 3.88. The Hall–Kier alpha value is -3.11. The molecule has 1 aliphatic rings. The maximum absolute atomic E-state index is 12.1. The molecule has 10 heteroatoms. The molecule has 3 rings (SSSR count). The molecule has 10 nitrogen and oxygen atoms in total. The van der Waals surface area contributed by atoms with Gasteiger partial charge in [0, 0.05) is 38.8 Å². The van der Waals surface area contributed by atoms with Gasteiger partial charge in [0.05, 0.1) is 13.5 Å². The van der Waals surface area contributed by atoms with Crippen LogP contribution in [-0.2, 0) is 29.0 Å². The molecule has 1 aromatic heterocycles. The average molecular weight is 415 g/mol. The first kappa shape index (κ1) is 21.6. The molecule has 1 fully saturated rings. The van der Waals surface area contributed by atoms with E-state index in [9.17, 15) is 9.59 Å². The van der Waals surface area contributed by atoms with Crippen molar-refractivity contribution in [3.05, 3.63) is 51.6 Å². The van der Waals surface area contributed by atoms with Gasteiger partial charge in [-0.05, 0) is 17.5 Å². The van der Waals surface area contributed by atoms with Gasteiger partial charge in [-0.15, -0.1) is 0 Å². The molecule has 0 aliphatic carbocycles. The highest BCUT2D eigenvalue weighted by molar-refractivity contribution is 5.97. The third-order valence-corrected chi connectivity index (χ3v) is 5.38. The molecule has 162 valence electrons. The Morgan fingerprint density at radius 1 is 1.30 bits per heavy atom. The lowest BCUT2D eigenvalue weighted by Crippen LogP contribution is -2.57. The molecule has 0 saturated carbocycles. The third kappa shape index (κ3) is 5.08. The van der Waals surface area contributed by atoms with Crippen molar-refractivity contribution < 1.29 is 9.53 Å². The highest BCUT2D eigenvalue weighted by Crippen LogP contribution is 2.15. The number of nitrogen functional groups attached to an aromatic ring is 2. The number of nitrogens with zero attached hydrogens (tertiary/aromatic N) is 2. The standard InChI is InChI=1S/C20H29N7O3/c1-30-16(28)9-13-3-5-14(6-4-13)12-26(15-10-24-11-15)7-2-8-27-19(23)17(18(21)22)25-20(27)29/h3-6,15,24H,2,7-12,23H2,1H3,(H3,21,22)(H,25,29). The Kier molecular flexibility index (Phi) is 6.91. The van der Waals surface area contributed by atoms with Gasteiger partial charge in [-0.2, -0.15) is 0 Å². The van der Waals surface area contributed by atoms with Crippen molar-refractivity contribution in [3.63, 3.8) is 0 Å². The van der Waals surface area contributed by atoms with Crippen molar-refractivity contribution in [2.75, 3.05) is 32.5 Å². The van der Waals surface area contributed by atoms with Gasteiger partial charge in [0.1, 0.15) is 17.3 Å². The number of carbonyl (C=O) groups excluding carboxylic acids is 1. The third-order valence-electron chi connectivity index (χ3n) is 5.38. The number of imidazole rings is 1. The zero-order chi connectivity index (χ0) is 21.7. The van der Waals surface area contributed by atoms with Crippen LogP contribution in [0.2, 0.25) is 0 Å². The summed E-state index contributed by atoms with van der Waals surface area (Å²) in [5.74, 6) is -0.302. The lowest BCUT2D eigenvalue weighted by molar-refractivity contribution is -0.139. The SMILES string of the molecule is COC(=O)Cc1ccc(CN(CCCn2c(N)c(C(=N)N)[nH]c2=O)C2CNC2)cc1. The summed E-state index contributed by atoms with van der Waals surface area (Å²) < 4.78 is 6.13. The second kappa shape index (κ2) is 9.59. The Bertz CT molecular complexity index is 944. The summed E-state index contributed by atoms with van der Waals surface area (Å²) in [5, 5.41) is 10.8. The van der Waals surface area contributed by atoms with E-state index in [4.69, 9.17) is 21.6 Å². The lowest BCUT2D eigenvalue weighted by atomic mass is 10.1. The average Bonchev–Trinajstić information content (AvgIpc) is 2.96. The van der Waals surface area contributed by atoms with Crippen LogP contribution in [0.15, 0.2) is 29.1 Å². The number of rotatable bonds is 10. The molecule has 0 spiro atoms. The van der Waals surface area contributed by atoms with Crippen LogP contribution in [0.1, 0.15) is 23.2 Å². The number of hydrogen-bond donors (Lipinski definition) is 5. The van der Waals surface area contributed by atoms with Crippen molar-refractivity contribution >= 4 is 17.6 Å². The van der Waals surface area contributed by atoms with Gasteiger partial charge in [0.25, 0.3) is 0 Å². The van der Waals surface area contributed by atoms with Crippen LogP contribution < -0.4 is 22.5 Å². The number of nitrogens with one attached hydrogen (secondary N) is 3. The first-order valence-corrected chi connectivity index (χ1v) is 9.91. The first-order chi connectivity index (χ1) is 14.4. The van der Waals surface area contributed by atoms with E-state index in [1.807, 2.05) is 24.3 Å². The number of nitrogens with two attached hydrogens (primary N) is 2. The normalized spacial score (nSPS) is 13.9. The molecule has 7 N–H and O–H groups in total. The molecular formula is C20H29N7O3. The summed E-state index contributed by atoms with van der Waals surface area (Å²) in [6.07, 6.45) is 0.998. The molecule has 30 heavy (non-hydrogen) atoms. The molecular weight excluding hydrogens is 386 g/mol. The van der Waals surface area contributed by atoms with Crippen molar-refractivity contribution in [2.24, 2.45) is 5.73 Å². The molecule has 0 radical (unpaired) electrons. The fraction of sp³-hybridized carbons (Fsp3) is 0.450. The lowest BCUT2D eigenvalue weighted by Gasteiger charge is -2.38. The van der Waals surface area contributed by atoms with Crippen LogP contribution in [0.25, 0.3) is 0 Å². The van der Waals surface area contributed by atoms with Gasteiger partial charge in [-0.3, -0.25) is 19.7 Å². The van der Waals surface area contributed by atoms with Gasteiger partial charge < -0.3 is 26.5 Å². The van der Waals surface area contributed by atoms with E-state index >= 15 is 0 Å². The minimum atomic E-state index is -0.351. The fourth-order valence-corrected chi connectivity index (χ4v) is 3.50. The van der Waals surface area contributed by atoms with Crippen LogP contribution in [0, 0.1) is 5.41 Å². The molecule has 1 saturated heterocycles. The minimum absolute atomic E-state index is 0.173. The number of amidine groups is 1. The smallest absolute Gasteiger partial charge is 0.327 e. The molecule has 1 aliphatic heterocycles. The van der Waals surface area contributed by atoms with Gasteiger partial charge >= 0.3 is 11.7 Å². The Morgan fingerprint density at radius 3 is 2.50 bits per heavy atom. The van der Waals surface area contributed by atoms with Gasteiger partial charge in [0.2, 0.25) is 0 Å². The number of ether oxygens (including phenoxy) is 1. The highest BCUT2D eigenvalue weighted by Gasteiger charge is 2.24. The van der Waals surface area contributed by atoms with Crippen molar-refractivity contribution in [2.45, 2.75) is 32.0 Å². The topological polar surface area (TPSA) is 155 Å². The number of carbonyl (C=O) groups is 1. The second-order valence-electron chi connectivity index (χ2n) is 7.46. The van der Waals surface area contributed by atoms with E-state index in [-0.39, 0.29) is 35.4 Å². The summed E-state index contributed by atoms with van der Waals surface area (Å²) in [7, 11) is 1.39. The summed E-state index contributed by atoms with van der Waals surface area (Å²) in [4.78, 5) is 28.4. The maximum Gasteiger partial charge on any atom is 0.327 e. The highest BCUT2D eigenvalue weighted by atomic mass is 16.5. The fourth-order valence-electron chi connectivity index (χ4n) is 3.50. The molecule has 0 amide bonds. The van der Waals surface area contributed by atoms with Gasteiger partial charge in [-0.25, -0.2) is 4.79 Å². The quantitative estimate of drug-likeness (QED) is 0.201. The molecule has 2 heterocycles. The predicted octanol–water partition coefficient (Wildman–Crippen LogP) is -0.378. The van der Waals surface area contributed by atoms with Crippen LogP contribution in [0.4, 0.5) is 5.82 Å². The number of benzene rings is 1. The first-order valence-electron chi connectivity index (χ1n) is 9.91. The number of esters is 1. The van der Waals surface area contributed by atoms with Gasteiger partial charge in [-0.1, -0.05) is 24.3 Å². The second-order valence-corrected chi connectivity index (χ2v) is 7.46. The van der Waals surface area contributed by atoms with E-state index in [0.717, 1.165) is 43.7 Å². The van der Waals surface area contributed by atoms with Crippen LogP contribution in [-0.4, -0.2) is 59.0 Å². The van der Waals surface area contributed by atoms with E-state index in [1.54, 1.807) is 0 Å². The zero-order valence-electron chi connectivity index (χ0n) is 17.1. The monoisotopic (exact) mass is 415 g/mol. The molecule has 2 aromatic rings. The number of aromatic amines is 1. The minimum Gasteiger partial charge on any atom is -0.469 e. The van der Waals surface area contributed by atoms with E-state index in [0.29, 0.717) is 12.6 Å².